The summed E-state index contributed by atoms with van der Waals surface area (Å²) in [6, 6.07) is 7.51. The number of aliphatic hydroxyl groups excluding tert-OH is 1. The van der Waals surface area contributed by atoms with Crippen LogP contribution in [0.5, 0.6) is 0 Å². The van der Waals surface area contributed by atoms with Gasteiger partial charge in [-0.3, -0.25) is 5.32 Å². The predicted molar refractivity (Wildman–Crippen MR) is 93.3 cm³/mol. The van der Waals surface area contributed by atoms with E-state index in [0.29, 0.717) is 12.4 Å². The highest BCUT2D eigenvalue weighted by molar-refractivity contribution is 5.88. The second-order valence-corrected chi connectivity index (χ2v) is 6.63. The van der Waals surface area contributed by atoms with E-state index in [4.69, 9.17) is 0 Å². The maximum absolute atomic E-state index is 13.1. The molecular formula is C18H23FN4O2. The lowest BCUT2D eigenvalue weighted by molar-refractivity contribution is 0.116. The van der Waals surface area contributed by atoms with E-state index in [1.807, 2.05) is 6.92 Å². The molecule has 1 aromatic carbocycles. The number of carbonyl (C=O) groups excluding carboxylic acids is 1. The lowest BCUT2D eigenvalue weighted by Gasteiger charge is -2.23. The highest BCUT2D eigenvalue weighted by atomic mass is 19.1. The van der Waals surface area contributed by atoms with Gasteiger partial charge in [0.15, 0.2) is 5.82 Å². The molecule has 1 aliphatic rings. The maximum atomic E-state index is 13.1. The third-order valence-corrected chi connectivity index (χ3v) is 4.67. The van der Waals surface area contributed by atoms with Crippen LogP contribution in [0.4, 0.5) is 15.0 Å². The maximum Gasteiger partial charge on any atom is 0.322 e. The zero-order valence-corrected chi connectivity index (χ0v) is 14.4. The van der Waals surface area contributed by atoms with E-state index < -0.39 is 0 Å². The van der Waals surface area contributed by atoms with E-state index in [2.05, 4.69) is 10.4 Å². The van der Waals surface area contributed by atoms with Gasteiger partial charge < -0.3 is 10.0 Å². The van der Waals surface area contributed by atoms with Gasteiger partial charge in [0.05, 0.1) is 11.8 Å². The van der Waals surface area contributed by atoms with Crippen LogP contribution in [-0.2, 0) is 0 Å². The van der Waals surface area contributed by atoms with Crippen molar-refractivity contribution >= 4 is 11.8 Å². The molecule has 134 valence electrons. The molecule has 2 amide bonds. The van der Waals surface area contributed by atoms with Crippen molar-refractivity contribution in [2.24, 2.45) is 5.92 Å². The van der Waals surface area contributed by atoms with Crippen LogP contribution in [0, 0.1) is 18.7 Å². The number of nitrogens with zero attached hydrogens (tertiary/aromatic N) is 3. The van der Waals surface area contributed by atoms with E-state index in [0.717, 1.165) is 30.6 Å². The number of hydrogen-bond donors (Lipinski definition) is 2. The van der Waals surface area contributed by atoms with Crippen LogP contribution in [0.3, 0.4) is 0 Å². The molecule has 6 nitrogen and oxygen atoms in total. The SMILES string of the molecule is Cc1cc(NC(=O)N(C)CC2CCCC2O)nn1-c1ccc(F)cc1. The lowest BCUT2D eigenvalue weighted by atomic mass is 10.1. The van der Waals surface area contributed by atoms with Gasteiger partial charge in [-0.1, -0.05) is 6.42 Å². The topological polar surface area (TPSA) is 70.4 Å². The van der Waals surface area contributed by atoms with Gasteiger partial charge in [0.2, 0.25) is 0 Å². The van der Waals surface area contributed by atoms with E-state index in [9.17, 15) is 14.3 Å². The fourth-order valence-electron chi connectivity index (χ4n) is 3.25. The third kappa shape index (κ3) is 3.99. The van der Waals surface area contributed by atoms with Gasteiger partial charge in [-0.25, -0.2) is 13.9 Å². The van der Waals surface area contributed by atoms with Crippen molar-refractivity contribution < 1.29 is 14.3 Å². The summed E-state index contributed by atoms with van der Waals surface area (Å²) in [6.07, 6.45) is 2.43. The second-order valence-electron chi connectivity index (χ2n) is 6.63. The third-order valence-electron chi connectivity index (χ3n) is 4.67. The van der Waals surface area contributed by atoms with E-state index in [1.54, 1.807) is 34.8 Å². The number of halogens is 1. The van der Waals surface area contributed by atoms with Gasteiger partial charge in [-0.05, 0) is 44.0 Å². The van der Waals surface area contributed by atoms with Gasteiger partial charge >= 0.3 is 6.03 Å². The Morgan fingerprint density at radius 1 is 1.40 bits per heavy atom. The molecule has 1 heterocycles. The molecule has 1 aromatic heterocycles. The van der Waals surface area contributed by atoms with Gasteiger partial charge in [-0.15, -0.1) is 5.10 Å². The fraction of sp³-hybridized carbons (Fsp3) is 0.444. The molecule has 0 spiro atoms. The van der Waals surface area contributed by atoms with Crippen molar-refractivity contribution in [2.45, 2.75) is 32.3 Å². The van der Waals surface area contributed by atoms with Crippen molar-refractivity contribution in [1.82, 2.24) is 14.7 Å². The van der Waals surface area contributed by atoms with Gasteiger partial charge in [0.25, 0.3) is 0 Å². The largest absolute Gasteiger partial charge is 0.393 e. The average molecular weight is 346 g/mol. The average Bonchev–Trinajstić information content (AvgIpc) is 3.14. The molecule has 3 rings (SSSR count). The van der Waals surface area contributed by atoms with Crippen molar-refractivity contribution in [2.75, 3.05) is 18.9 Å². The number of amides is 2. The summed E-state index contributed by atoms with van der Waals surface area (Å²) in [7, 11) is 1.71. The Morgan fingerprint density at radius 3 is 2.76 bits per heavy atom. The summed E-state index contributed by atoms with van der Waals surface area (Å²) in [5, 5.41) is 17.0. The van der Waals surface area contributed by atoms with Crippen LogP contribution in [0.15, 0.2) is 30.3 Å². The number of aromatic nitrogens is 2. The second kappa shape index (κ2) is 7.23. The number of nitrogens with one attached hydrogen (secondary N) is 1. The van der Waals surface area contributed by atoms with E-state index >= 15 is 0 Å². The number of hydrogen-bond acceptors (Lipinski definition) is 3. The number of urea groups is 1. The van der Waals surface area contributed by atoms with Crippen molar-refractivity contribution in [3.63, 3.8) is 0 Å². The molecule has 1 saturated carbocycles. The molecule has 2 unspecified atom stereocenters. The van der Waals surface area contributed by atoms with Crippen LogP contribution in [0.25, 0.3) is 5.69 Å². The first-order chi connectivity index (χ1) is 11.9. The molecule has 0 aliphatic heterocycles. The molecule has 2 atom stereocenters. The van der Waals surface area contributed by atoms with Gasteiger partial charge in [0, 0.05) is 31.3 Å². The van der Waals surface area contributed by atoms with Crippen LogP contribution in [0.2, 0.25) is 0 Å². The molecule has 0 radical (unpaired) electrons. The zero-order valence-electron chi connectivity index (χ0n) is 14.4. The van der Waals surface area contributed by atoms with E-state index in [1.165, 1.54) is 12.1 Å². The van der Waals surface area contributed by atoms with Crippen LogP contribution in [0.1, 0.15) is 25.0 Å². The summed E-state index contributed by atoms with van der Waals surface area (Å²) >= 11 is 0. The van der Waals surface area contributed by atoms with Crippen molar-refractivity contribution in [3.8, 4) is 5.69 Å². The Morgan fingerprint density at radius 2 is 2.12 bits per heavy atom. The molecule has 1 fully saturated rings. The number of aryl methyl sites for hydroxylation is 1. The number of benzene rings is 1. The highest BCUT2D eigenvalue weighted by Crippen LogP contribution is 2.26. The first-order valence-electron chi connectivity index (χ1n) is 8.47. The number of aliphatic hydroxyl groups is 1. The highest BCUT2D eigenvalue weighted by Gasteiger charge is 2.27. The van der Waals surface area contributed by atoms with Gasteiger partial charge in [-0.2, -0.15) is 0 Å². The molecule has 2 N–H and O–H groups in total. The fourth-order valence-corrected chi connectivity index (χ4v) is 3.25. The zero-order chi connectivity index (χ0) is 18.0. The minimum absolute atomic E-state index is 0.134. The van der Waals surface area contributed by atoms with Crippen LogP contribution >= 0.6 is 0 Å². The Balaban J connectivity index is 1.65. The Hall–Kier alpha value is -2.41. The summed E-state index contributed by atoms with van der Waals surface area (Å²) in [5.41, 5.74) is 1.55. The minimum Gasteiger partial charge on any atom is -0.393 e. The lowest BCUT2D eigenvalue weighted by Crippen LogP contribution is -2.37. The van der Waals surface area contributed by atoms with E-state index in [-0.39, 0.29) is 23.9 Å². The number of anilines is 1. The molecule has 0 saturated heterocycles. The number of carbonyl (C=O) groups is 1. The Kier molecular flexibility index (Phi) is 5.03. The molecule has 25 heavy (non-hydrogen) atoms. The number of rotatable bonds is 4. The summed E-state index contributed by atoms with van der Waals surface area (Å²) in [5.74, 6) is 0.262. The Bertz CT molecular complexity index is 744. The summed E-state index contributed by atoms with van der Waals surface area (Å²) in [4.78, 5) is 13.9. The molecular weight excluding hydrogens is 323 g/mol. The molecule has 0 bridgehead atoms. The van der Waals surface area contributed by atoms with Crippen molar-refractivity contribution in [1.29, 1.82) is 0 Å². The first kappa shape index (κ1) is 17.4. The van der Waals surface area contributed by atoms with Crippen molar-refractivity contribution in [3.05, 3.63) is 41.8 Å². The molecule has 1 aliphatic carbocycles. The minimum atomic E-state index is -0.324. The smallest absolute Gasteiger partial charge is 0.322 e. The van der Waals surface area contributed by atoms with Crippen LogP contribution < -0.4 is 5.32 Å². The predicted octanol–water partition coefficient (Wildman–Crippen LogP) is 2.94. The molecule has 2 aromatic rings. The standard InChI is InChI=1S/C18H23FN4O2/c1-12-10-17(21-23(12)15-8-6-14(19)7-9-15)20-18(25)22(2)11-13-4-3-5-16(13)24/h6-10,13,16,24H,3-5,11H2,1-2H3,(H,20,21,25). The Labute approximate surface area is 146 Å². The summed E-state index contributed by atoms with van der Waals surface area (Å²) in [6.45, 7) is 2.38. The van der Waals surface area contributed by atoms with Gasteiger partial charge in [0.1, 0.15) is 5.82 Å². The first-order valence-corrected chi connectivity index (χ1v) is 8.47. The monoisotopic (exact) mass is 346 g/mol. The van der Waals surface area contributed by atoms with Crippen LogP contribution in [-0.4, -0.2) is 45.5 Å². The summed E-state index contributed by atoms with van der Waals surface area (Å²) < 4.78 is 14.7. The normalized spacial score (nSPS) is 19.8. The quantitative estimate of drug-likeness (QED) is 0.894. The molecule has 7 heteroatoms.